The zero-order chi connectivity index (χ0) is 14.9. The highest BCUT2D eigenvalue weighted by atomic mass is 32.2. The molecule has 0 aromatic carbocycles. The molecule has 0 amide bonds. The van der Waals surface area contributed by atoms with E-state index in [0.29, 0.717) is 12.4 Å². The minimum atomic E-state index is -3.21. The number of nitrogens with one attached hydrogen (secondary N) is 1. The molecule has 0 spiro atoms. The number of nitrogens with zero attached hydrogens (tertiary/aromatic N) is 3. The Hall–Kier alpha value is -1.21. The molecule has 2 aliphatic rings. The summed E-state index contributed by atoms with van der Waals surface area (Å²) in [5.74, 6) is 0.678. The second-order valence-electron chi connectivity index (χ2n) is 5.80. The van der Waals surface area contributed by atoms with E-state index in [0.717, 1.165) is 44.2 Å². The molecule has 0 bridgehead atoms. The van der Waals surface area contributed by atoms with Crippen LogP contribution in [0.25, 0.3) is 0 Å². The van der Waals surface area contributed by atoms with Gasteiger partial charge in [0.1, 0.15) is 5.82 Å². The Balaban J connectivity index is 1.88. The summed E-state index contributed by atoms with van der Waals surface area (Å²) in [5, 5.41) is 2.76. The van der Waals surface area contributed by atoms with E-state index in [1.54, 1.807) is 23.7 Å². The molecule has 2 heterocycles. The van der Waals surface area contributed by atoms with Crippen molar-refractivity contribution in [3.8, 4) is 0 Å². The van der Waals surface area contributed by atoms with Crippen molar-refractivity contribution >= 4 is 15.8 Å². The van der Waals surface area contributed by atoms with Crippen LogP contribution >= 0.6 is 0 Å². The number of anilines is 1. The maximum atomic E-state index is 12.8. The van der Waals surface area contributed by atoms with Gasteiger partial charge in [-0.05, 0) is 25.7 Å². The maximum Gasteiger partial charge on any atom is 0.217 e. The van der Waals surface area contributed by atoms with Gasteiger partial charge in [-0.1, -0.05) is 12.8 Å². The van der Waals surface area contributed by atoms with E-state index in [2.05, 4.69) is 15.3 Å². The van der Waals surface area contributed by atoms with Crippen LogP contribution in [-0.2, 0) is 10.0 Å². The minimum absolute atomic E-state index is 0.156. The zero-order valence-electron chi connectivity index (χ0n) is 12.3. The van der Waals surface area contributed by atoms with Crippen molar-refractivity contribution in [2.45, 2.75) is 49.8 Å². The quantitative estimate of drug-likeness (QED) is 0.919. The van der Waals surface area contributed by atoms with Crippen molar-refractivity contribution < 1.29 is 8.42 Å². The third kappa shape index (κ3) is 2.76. The number of sulfonamides is 1. The van der Waals surface area contributed by atoms with E-state index >= 15 is 0 Å². The normalized spacial score (nSPS) is 24.5. The average Bonchev–Trinajstić information content (AvgIpc) is 3.18. The van der Waals surface area contributed by atoms with Crippen molar-refractivity contribution in [2.24, 2.45) is 0 Å². The van der Waals surface area contributed by atoms with Gasteiger partial charge >= 0.3 is 0 Å². The first-order valence-electron chi connectivity index (χ1n) is 7.63. The lowest BCUT2D eigenvalue weighted by Gasteiger charge is -2.26. The molecule has 1 atom stereocenters. The van der Waals surface area contributed by atoms with E-state index in [1.807, 2.05) is 0 Å². The van der Waals surface area contributed by atoms with E-state index in [9.17, 15) is 8.42 Å². The molecule has 1 N–H and O–H groups in total. The predicted molar refractivity (Wildman–Crippen MR) is 81.4 cm³/mol. The second-order valence-corrected chi connectivity index (χ2v) is 7.96. The van der Waals surface area contributed by atoms with Gasteiger partial charge in [-0.25, -0.2) is 13.4 Å². The summed E-state index contributed by atoms with van der Waals surface area (Å²) in [4.78, 5) is 8.65. The monoisotopic (exact) mass is 310 g/mol. The Morgan fingerprint density at radius 1 is 1.19 bits per heavy atom. The van der Waals surface area contributed by atoms with Gasteiger partial charge in [0.2, 0.25) is 10.0 Å². The van der Waals surface area contributed by atoms with Crippen LogP contribution in [0.3, 0.4) is 0 Å². The number of aromatic nitrogens is 2. The van der Waals surface area contributed by atoms with Gasteiger partial charge in [0.05, 0.1) is 29.4 Å². The van der Waals surface area contributed by atoms with Crippen LogP contribution in [0.2, 0.25) is 0 Å². The van der Waals surface area contributed by atoms with Crippen LogP contribution in [-0.4, -0.2) is 41.5 Å². The summed E-state index contributed by atoms with van der Waals surface area (Å²) >= 11 is 0. The molecule has 1 aliphatic carbocycles. The molecular formula is C14H22N4O2S. The molecule has 116 valence electrons. The molecule has 2 fully saturated rings. The second kappa shape index (κ2) is 5.88. The first kappa shape index (κ1) is 14.7. The van der Waals surface area contributed by atoms with E-state index in [-0.39, 0.29) is 11.3 Å². The first-order valence-corrected chi connectivity index (χ1v) is 9.13. The standard InChI is InChI=1S/C14H22N4O2S/c1-15-14-10-16-9-12(17-14)13-7-4-8-18(13)21(19,20)11-5-2-3-6-11/h9-11,13H,2-8H2,1H3,(H,15,17). The van der Waals surface area contributed by atoms with Crippen LogP contribution in [0.4, 0.5) is 5.82 Å². The zero-order valence-corrected chi connectivity index (χ0v) is 13.1. The summed E-state index contributed by atoms with van der Waals surface area (Å²) in [5.41, 5.74) is 0.751. The van der Waals surface area contributed by atoms with Crippen molar-refractivity contribution in [2.75, 3.05) is 18.9 Å². The fourth-order valence-corrected chi connectivity index (χ4v) is 5.64. The maximum absolute atomic E-state index is 12.8. The molecule has 1 aromatic rings. The summed E-state index contributed by atoms with van der Waals surface area (Å²) in [6.45, 7) is 0.606. The molecule has 6 nitrogen and oxygen atoms in total. The molecule has 3 rings (SSSR count). The molecule has 21 heavy (non-hydrogen) atoms. The molecule has 0 radical (unpaired) electrons. The number of hydrogen-bond acceptors (Lipinski definition) is 5. The fraction of sp³-hybridized carbons (Fsp3) is 0.714. The highest BCUT2D eigenvalue weighted by Crippen LogP contribution is 2.37. The van der Waals surface area contributed by atoms with E-state index in [4.69, 9.17) is 0 Å². The van der Waals surface area contributed by atoms with Crippen LogP contribution in [0.15, 0.2) is 12.4 Å². The largest absolute Gasteiger partial charge is 0.372 e. The van der Waals surface area contributed by atoms with Crippen molar-refractivity contribution in [3.63, 3.8) is 0 Å². The lowest BCUT2D eigenvalue weighted by Crippen LogP contribution is -2.37. The Kier molecular flexibility index (Phi) is 4.12. The molecule has 1 saturated heterocycles. The van der Waals surface area contributed by atoms with Gasteiger partial charge in [-0.2, -0.15) is 4.31 Å². The molecule has 1 aromatic heterocycles. The van der Waals surface area contributed by atoms with Gasteiger partial charge in [-0.3, -0.25) is 4.98 Å². The summed E-state index contributed by atoms with van der Waals surface area (Å²) in [6.07, 6.45) is 8.70. The SMILES string of the molecule is CNc1cncc(C2CCCN2S(=O)(=O)C2CCCC2)n1. The van der Waals surface area contributed by atoms with Gasteiger partial charge < -0.3 is 5.32 Å². The Morgan fingerprint density at radius 3 is 2.67 bits per heavy atom. The topological polar surface area (TPSA) is 75.2 Å². The third-order valence-electron chi connectivity index (χ3n) is 4.50. The van der Waals surface area contributed by atoms with Crippen molar-refractivity contribution in [1.29, 1.82) is 0 Å². The highest BCUT2D eigenvalue weighted by Gasteiger charge is 2.41. The van der Waals surface area contributed by atoms with Crippen molar-refractivity contribution in [1.82, 2.24) is 14.3 Å². The van der Waals surface area contributed by atoms with Gasteiger partial charge in [0.15, 0.2) is 0 Å². The smallest absolute Gasteiger partial charge is 0.217 e. The minimum Gasteiger partial charge on any atom is -0.372 e. The molecule has 1 aliphatic heterocycles. The Bertz CT molecular complexity index is 599. The predicted octanol–water partition coefficient (Wildman–Crippen LogP) is 1.93. The van der Waals surface area contributed by atoms with Crippen molar-refractivity contribution in [3.05, 3.63) is 18.1 Å². The fourth-order valence-electron chi connectivity index (χ4n) is 3.38. The van der Waals surface area contributed by atoms with E-state index < -0.39 is 10.0 Å². The Morgan fingerprint density at radius 2 is 1.95 bits per heavy atom. The highest BCUT2D eigenvalue weighted by molar-refractivity contribution is 7.89. The first-order chi connectivity index (χ1) is 10.1. The Labute approximate surface area is 126 Å². The third-order valence-corrected chi connectivity index (χ3v) is 6.91. The number of rotatable bonds is 4. The number of hydrogen-bond donors (Lipinski definition) is 1. The van der Waals surface area contributed by atoms with Crippen LogP contribution in [0.1, 0.15) is 50.3 Å². The lowest BCUT2D eigenvalue weighted by atomic mass is 10.2. The molecule has 7 heteroatoms. The lowest BCUT2D eigenvalue weighted by molar-refractivity contribution is 0.383. The molecule has 1 saturated carbocycles. The van der Waals surface area contributed by atoms with Gasteiger partial charge in [-0.15, -0.1) is 0 Å². The van der Waals surface area contributed by atoms with Crippen LogP contribution in [0, 0.1) is 0 Å². The van der Waals surface area contributed by atoms with E-state index in [1.165, 1.54) is 0 Å². The summed E-state index contributed by atoms with van der Waals surface area (Å²) in [7, 11) is -1.42. The average molecular weight is 310 g/mol. The van der Waals surface area contributed by atoms with Gasteiger partial charge in [0, 0.05) is 13.6 Å². The van der Waals surface area contributed by atoms with Gasteiger partial charge in [0.25, 0.3) is 0 Å². The van der Waals surface area contributed by atoms with Crippen LogP contribution in [0.5, 0.6) is 0 Å². The summed E-state index contributed by atoms with van der Waals surface area (Å²) in [6, 6.07) is -0.156. The summed E-state index contributed by atoms with van der Waals surface area (Å²) < 4.78 is 27.3. The molecule has 1 unspecified atom stereocenters. The molecular weight excluding hydrogens is 288 g/mol. The van der Waals surface area contributed by atoms with Crippen LogP contribution < -0.4 is 5.32 Å².